The van der Waals surface area contributed by atoms with Crippen LogP contribution >= 0.6 is 11.8 Å². The Hall–Kier alpha value is -2.74. The van der Waals surface area contributed by atoms with Crippen molar-refractivity contribution < 1.29 is 23.5 Å². The molecule has 0 unspecified atom stereocenters. The predicted octanol–water partition coefficient (Wildman–Crippen LogP) is 2.81. The van der Waals surface area contributed by atoms with Gasteiger partial charge in [-0.3, -0.25) is 9.59 Å². The Balaban J connectivity index is 1.64. The van der Waals surface area contributed by atoms with E-state index in [0.717, 1.165) is 0 Å². The van der Waals surface area contributed by atoms with Gasteiger partial charge in [0.1, 0.15) is 17.2 Å². The van der Waals surface area contributed by atoms with Crippen molar-refractivity contribution in [2.75, 3.05) is 11.1 Å². The molecule has 7 nitrogen and oxygen atoms in total. The highest BCUT2D eigenvalue weighted by atomic mass is 32.2. The van der Waals surface area contributed by atoms with Gasteiger partial charge in [0, 0.05) is 18.4 Å². The van der Waals surface area contributed by atoms with Gasteiger partial charge in [-0.15, -0.1) is 11.8 Å². The Morgan fingerprint density at radius 2 is 1.96 bits per heavy atom. The molecule has 8 heteroatoms. The van der Waals surface area contributed by atoms with Crippen molar-refractivity contribution in [2.24, 2.45) is 0 Å². The lowest BCUT2D eigenvalue weighted by molar-refractivity contribution is -0.160. The van der Waals surface area contributed by atoms with Crippen molar-refractivity contribution >= 4 is 35.2 Å². The smallest absolute Gasteiger partial charge is 0.330 e. The number of hydrogen-bond donors (Lipinski definition) is 1. The zero-order chi connectivity index (χ0) is 19.4. The van der Waals surface area contributed by atoms with Gasteiger partial charge in [0.05, 0.1) is 6.26 Å². The SMILES string of the molecule is CC(=O)N1[C@@H](c2ccco2)SC[C@H]1C(=O)O[C@@H](C)C(=O)Nc1ccccc1. The molecule has 2 amide bonds. The van der Waals surface area contributed by atoms with E-state index in [0.29, 0.717) is 17.2 Å². The maximum absolute atomic E-state index is 12.6. The minimum absolute atomic E-state index is 0.259. The predicted molar refractivity (Wildman–Crippen MR) is 101 cm³/mol. The Kier molecular flexibility index (Phi) is 5.85. The molecule has 0 bridgehead atoms. The van der Waals surface area contributed by atoms with E-state index < -0.39 is 24.0 Å². The van der Waals surface area contributed by atoms with E-state index >= 15 is 0 Å². The number of para-hydroxylation sites is 1. The van der Waals surface area contributed by atoms with Crippen LogP contribution in [0.2, 0.25) is 0 Å². The van der Waals surface area contributed by atoms with E-state index in [9.17, 15) is 14.4 Å². The van der Waals surface area contributed by atoms with Crippen LogP contribution in [0.1, 0.15) is 25.0 Å². The van der Waals surface area contributed by atoms with E-state index in [1.807, 2.05) is 6.07 Å². The van der Waals surface area contributed by atoms with Crippen LogP contribution in [0.4, 0.5) is 5.69 Å². The molecule has 1 fully saturated rings. The number of esters is 1. The van der Waals surface area contributed by atoms with Gasteiger partial charge in [0.15, 0.2) is 6.10 Å². The van der Waals surface area contributed by atoms with Gasteiger partial charge in [-0.25, -0.2) is 4.79 Å². The number of amides is 2. The standard InChI is InChI=1S/C19H20N2O5S/c1-12(17(23)20-14-7-4-3-5-8-14)26-19(24)15-11-27-18(21(15)13(2)22)16-9-6-10-25-16/h3-10,12,15,18H,11H2,1-2H3,(H,20,23)/t12-,15-,18+/m0/s1. The fraction of sp³-hybridized carbons (Fsp3) is 0.316. The van der Waals surface area contributed by atoms with Gasteiger partial charge < -0.3 is 19.4 Å². The van der Waals surface area contributed by atoms with Crippen molar-refractivity contribution in [3.63, 3.8) is 0 Å². The molecule has 142 valence electrons. The van der Waals surface area contributed by atoms with Crippen molar-refractivity contribution in [3.8, 4) is 0 Å². The number of ether oxygens (including phenoxy) is 1. The van der Waals surface area contributed by atoms with Crippen LogP contribution in [0.15, 0.2) is 53.1 Å². The van der Waals surface area contributed by atoms with Crippen LogP contribution in [0, 0.1) is 0 Å². The fourth-order valence-corrected chi connectivity index (χ4v) is 4.21. The highest BCUT2D eigenvalue weighted by Gasteiger charge is 2.43. The number of furan rings is 1. The van der Waals surface area contributed by atoms with Crippen molar-refractivity contribution in [2.45, 2.75) is 31.4 Å². The molecule has 3 atom stereocenters. The second kappa shape index (κ2) is 8.30. The number of carbonyl (C=O) groups is 3. The van der Waals surface area contributed by atoms with Crippen LogP contribution in [0.5, 0.6) is 0 Å². The molecule has 0 aliphatic carbocycles. The zero-order valence-electron chi connectivity index (χ0n) is 15.0. The summed E-state index contributed by atoms with van der Waals surface area (Å²) in [6.07, 6.45) is 0.537. The van der Waals surface area contributed by atoms with Gasteiger partial charge in [-0.1, -0.05) is 18.2 Å². The number of rotatable bonds is 5. The molecule has 2 aromatic rings. The third kappa shape index (κ3) is 4.33. The molecule has 1 N–H and O–H groups in total. The summed E-state index contributed by atoms with van der Waals surface area (Å²) in [5.41, 5.74) is 0.616. The summed E-state index contributed by atoms with van der Waals surface area (Å²) in [7, 11) is 0. The fourth-order valence-electron chi connectivity index (χ4n) is 2.80. The van der Waals surface area contributed by atoms with E-state index in [1.54, 1.807) is 36.4 Å². The summed E-state index contributed by atoms with van der Waals surface area (Å²) in [5, 5.41) is 2.30. The van der Waals surface area contributed by atoms with E-state index in [2.05, 4.69) is 5.32 Å². The van der Waals surface area contributed by atoms with E-state index in [1.165, 1.54) is 36.8 Å². The maximum Gasteiger partial charge on any atom is 0.330 e. The van der Waals surface area contributed by atoms with Crippen molar-refractivity contribution in [1.82, 2.24) is 4.90 Å². The molecule has 3 rings (SSSR count). The summed E-state index contributed by atoms with van der Waals surface area (Å²) in [4.78, 5) is 38.4. The number of thioether (sulfide) groups is 1. The summed E-state index contributed by atoms with van der Waals surface area (Å²) in [5.74, 6) is -0.332. The number of benzene rings is 1. The first-order valence-electron chi connectivity index (χ1n) is 8.47. The van der Waals surface area contributed by atoms with Crippen LogP contribution in [0.3, 0.4) is 0 Å². The average molecular weight is 388 g/mol. The lowest BCUT2D eigenvalue weighted by atomic mass is 10.2. The normalized spacial score (nSPS) is 20.1. The third-order valence-corrected chi connectivity index (χ3v) is 5.41. The molecule has 1 saturated heterocycles. The number of nitrogens with one attached hydrogen (secondary N) is 1. The minimum Gasteiger partial charge on any atom is -0.466 e. The molecule has 0 spiro atoms. The Morgan fingerprint density at radius 1 is 1.22 bits per heavy atom. The second-order valence-electron chi connectivity index (χ2n) is 6.08. The van der Waals surface area contributed by atoms with Crippen LogP contribution < -0.4 is 5.32 Å². The van der Waals surface area contributed by atoms with Crippen molar-refractivity contribution in [3.05, 3.63) is 54.5 Å². The lowest BCUT2D eigenvalue weighted by Gasteiger charge is -2.26. The van der Waals surface area contributed by atoms with E-state index in [-0.39, 0.29) is 11.3 Å². The molecule has 27 heavy (non-hydrogen) atoms. The summed E-state index contributed by atoms with van der Waals surface area (Å²) in [6.45, 7) is 2.90. The summed E-state index contributed by atoms with van der Waals surface area (Å²) < 4.78 is 10.7. The Morgan fingerprint density at radius 3 is 2.59 bits per heavy atom. The molecule has 1 aromatic heterocycles. The largest absolute Gasteiger partial charge is 0.466 e. The quantitative estimate of drug-likeness (QED) is 0.793. The zero-order valence-corrected chi connectivity index (χ0v) is 15.8. The third-order valence-electron chi connectivity index (χ3n) is 4.13. The topological polar surface area (TPSA) is 88.8 Å². The highest BCUT2D eigenvalue weighted by molar-refractivity contribution is 7.99. The molecule has 1 aliphatic heterocycles. The second-order valence-corrected chi connectivity index (χ2v) is 7.19. The summed E-state index contributed by atoms with van der Waals surface area (Å²) >= 11 is 1.42. The number of nitrogens with zero attached hydrogens (tertiary/aromatic N) is 1. The monoisotopic (exact) mass is 388 g/mol. The molecular weight excluding hydrogens is 368 g/mol. The number of carbonyl (C=O) groups excluding carboxylic acids is 3. The molecule has 1 aliphatic rings. The van der Waals surface area contributed by atoms with Crippen molar-refractivity contribution in [1.29, 1.82) is 0 Å². The van der Waals surface area contributed by atoms with Gasteiger partial charge in [0.25, 0.3) is 5.91 Å². The van der Waals surface area contributed by atoms with Gasteiger partial charge in [0.2, 0.25) is 5.91 Å². The number of hydrogen-bond acceptors (Lipinski definition) is 6. The van der Waals surface area contributed by atoms with Crippen LogP contribution in [0.25, 0.3) is 0 Å². The Labute approximate surface area is 161 Å². The summed E-state index contributed by atoms with van der Waals surface area (Å²) in [6, 6.07) is 11.6. The van der Waals surface area contributed by atoms with Crippen LogP contribution in [-0.4, -0.2) is 40.6 Å². The minimum atomic E-state index is -0.987. The number of anilines is 1. The lowest BCUT2D eigenvalue weighted by Crippen LogP contribution is -2.44. The average Bonchev–Trinajstić information content (AvgIpc) is 3.31. The van der Waals surface area contributed by atoms with E-state index in [4.69, 9.17) is 9.15 Å². The van der Waals surface area contributed by atoms with Gasteiger partial charge in [-0.05, 0) is 31.2 Å². The van der Waals surface area contributed by atoms with Crippen LogP contribution in [-0.2, 0) is 19.1 Å². The molecule has 0 saturated carbocycles. The molecular formula is C19H20N2O5S. The molecule has 2 heterocycles. The first-order valence-corrected chi connectivity index (χ1v) is 9.52. The Bertz CT molecular complexity index is 809. The molecule has 1 aromatic carbocycles. The highest BCUT2D eigenvalue weighted by Crippen LogP contribution is 2.41. The maximum atomic E-state index is 12.6. The first kappa shape index (κ1) is 19.0. The first-order chi connectivity index (χ1) is 13.0. The molecule has 0 radical (unpaired) electrons. The van der Waals surface area contributed by atoms with Gasteiger partial charge in [-0.2, -0.15) is 0 Å². The van der Waals surface area contributed by atoms with Gasteiger partial charge >= 0.3 is 5.97 Å².